The Balaban J connectivity index is 1.91. The maximum absolute atomic E-state index is 11.0. The van der Waals surface area contributed by atoms with E-state index < -0.39 is 5.60 Å². The van der Waals surface area contributed by atoms with Crippen LogP contribution in [0.2, 0.25) is 0 Å². The molecule has 1 saturated heterocycles. The summed E-state index contributed by atoms with van der Waals surface area (Å²) in [5.74, 6) is 3.40. The summed E-state index contributed by atoms with van der Waals surface area (Å²) < 4.78 is 11.4. The predicted octanol–water partition coefficient (Wildman–Crippen LogP) is 3.20. The number of thioether (sulfide) groups is 1. The van der Waals surface area contributed by atoms with Gasteiger partial charge in [-0.1, -0.05) is 19.9 Å². The molecule has 0 bridgehead atoms. The number of hydrogen-bond acceptors (Lipinski definition) is 4. The lowest BCUT2D eigenvalue weighted by atomic mass is 9.78. The maximum Gasteiger partial charge on any atom is 0.161 e. The van der Waals surface area contributed by atoms with Gasteiger partial charge in [-0.05, 0) is 35.3 Å². The highest BCUT2D eigenvalue weighted by molar-refractivity contribution is 7.99. The number of ether oxygens (including phenoxy) is 2. The van der Waals surface area contributed by atoms with E-state index in [1.54, 1.807) is 0 Å². The van der Waals surface area contributed by atoms with Crippen LogP contribution < -0.4 is 9.47 Å². The van der Waals surface area contributed by atoms with E-state index >= 15 is 0 Å². The van der Waals surface area contributed by atoms with Gasteiger partial charge < -0.3 is 14.6 Å². The molecule has 0 aromatic heterocycles. The summed E-state index contributed by atoms with van der Waals surface area (Å²) in [7, 11) is 0. The largest absolute Gasteiger partial charge is 0.490 e. The zero-order valence-corrected chi connectivity index (χ0v) is 13.0. The quantitative estimate of drug-likeness (QED) is 0.863. The standard InChI is InChI=1S/C16H22O3S/c1-15(2)9-16(17,11-20-10-15)12-4-5-13-14(8-12)19-7-3-6-18-13/h4-5,8,17H,3,6-7,9-11H2,1-2H3. The fourth-order valence-corrected chi connectivity index (χ4v) is 4.39. The highest BCUT2D eigenvalue weighted by atomic mass is 32.2. The third kappa shape index (κ3) is 2.77. The Bertz CT molecular complexity index is 500. The molecule has 3 nitrogen and oxygen atoms in total. The molecule has 0 amide bonds. The van der Waals surface area contributed by atoms with Crippen LogP contribution in [0.5, 0.6) is 11.5 Å². The van der Waals surface area contributed by atoms with Gasteiger partial charge >= 0.3 is 0 Å². The summed E-state index contributed by atoms with van der Waals surface area (Å²) in [6, 6.07) is 5.87. The molecule has 0 radical (unpaired) electrons. The van der Waals surface area contributed by atoms with Crippen LogP contribution in [0.25, 0.3) is 0 Å². The molecule has 0 aliphatic carbocycles. The van der Waals surface area contributed by atoms with Crippen LogP contribution in [-0.4, -0.2) is 29.8 Å². The average molecular weight is 294 g/mol. The lowest BCUT2D eigenvalue weighted by Crippen LogP contribution is -2.40. The molecule has 1 N–H and O–H groups in total. The molecule has 1 aromatic carbocycles. The Labute approximate surface area is 124 Å². The summed E-state index contributed by atoms with van der Waals surface area (Å²) in [6.07, 6.45) is 1.68. The van der Waals surface area contributed by atoms with Crippen molar-refractivity contribution < 1.29 is 14.6 Å². The molecule has 4 heteroatoms. The van der Waals surface area contributed by atoms with Crippen molar-refractivity contribution in [2.45, 2.75) is 32.3 Å². The topological polar surface area (TPSA) is 38.7 Å². The molecule has 110 valence electrons. The Morgan fingerprint density at radius 1 is 1.10 bits per heavy atom. The zero-order valence-electron chi connectivity index (χ0n) is 12.1. The summed E-state index contributed by atoms with van der Waals surface area (Å²) in [6.45, 7) is 5.80. The third-order valence-corrected chi connectivity index (χ3v) is 5.56. The second kappa shape index (κ2) is 5.15. The summed E-state index contributed by atoms with van der Waals surface area (Å²) in [4.78, 5) is 0. The summed E-state index contributed by atoms with van der Waals surface area (Å²) in [5.41, 5.74) is 0.334. The Hall–Kier alpha value is -0.870. The van der Waals surface area contributed by atoms with E-state index in [9.17, 15) is 5.11 Å². The van der Waals surface area contributed by atoms with Gasteiger partial charge in [-0.2, -0.15) is 11.8 Å². The van der Waals surface area contributed by atoms with E-state index in [-0.39, 0.29) is 5.41 Å². The van der Waals surface area contributed by atoms with Gasteiger partial charge in [0.25, 0.3) is 0 Å². The Kier molecular flexibility index (Phi) is 3.63. The first-order chi connectivity index (χ1) is 9.49. The molecule has 3 rings (SSSR count). The molecule has 0 saturated carbocycles. The first kappa shape index (κ1) is 14.1. The second-order valence-corrected chi connectivity index (χ2v) is 7.56. The average Bonchev–Trinajstić information content (AvgIpc) is 2.61. The Morgan fingerprint density at radius 2 is 1.85 bits per heavy atom. The van der Waals surface area contributed by atoms with E-state index in [4.69, 9.17) is 9.47 Å². The highest BCUT2D eigenvalue weighted by Gasteiger charge is 2.40. The van der Waals surface area contributed by atoms with Crippen LogP contribution >= 0.6 is 11.8 Å². The highest BCUT2D eigenvalue weighted by Crippen LogP contribution is 2.46. The number of rotatable bonds is 1. The number of benzene rings is 1. The van der Waals surface area contributed by atoms with Crippen molar-refractivity contribution in [1.82, 2.24) is 0 Å². The van der Waals surface area contributed by atoms with Gasteiger partial charge in [0.15, 0.2) is 11.5 Å². The molecule has 2 aliphatic rings. The Morgan fingerprint density at radius 3 is 2.60 bits per heavy atom. The van der Waals surface area contributed by atoms with Crippen molar-refractivity contribution in [2.24, 2.45) is 5.41 Å². The van der Waals surface area contributed by atoms with E-state index in [0.717, 1.165) is 41.4 Å². The summed E-state index contributed by atoms with van der Waals surface area (Å²) >= 11 is 1.82. The molecule has 2 aliphatic heterocycles. The monoisotopic (exact) mass is 294 g/mol. The van der Waals surface area contributed by atoms with Gasteiger partial charge in [0.2, 0.25) is 0 Å². The van der Waals surface area contributed by atoms with Crippen molar-refractivity contribution >= 4 is 11.8 Å². The fourth-order valence-electron chi connectivity index (χ4n) is 3.03. The van der Waals surface area contributed by atoms with Gasteiger partial charge in [-0.25, -0.2) is 0 Å². The van der Waals surface area contributed by atoms with Crippen molar-refractivity contribution in [3.8, 4) is 11.5 Å². The zero-order chi connectivity index (χ0) is 14.2. The first-order valence-corrected chi connectivity index (χ1v) is 8.34. The number of fused-ring (bicyclic) bond motifs is 1. The van der Waals surface area contributed by atoms with E-state index in [1.165, 1.54) is 0 Å². The molecule has 1 aromatic rings. The summed E-state index contributed by atoms with van der Waals surface area (Å²) in [5, 5.41) is 11.0. The number of aliphatic hydroxyl groups is 1. The van der Waals surface area contributed by atoms with Crippen molar-refractivity contribution in [3.05, 3.63) is 23.8 Å². The molecule has 20 heavy (non-hydrogen) atoms. The van der Waals surface area contributed by atoms with Gasteiger partial charge in [0, 0.05) is 12.2 Å². The van der Waals surface area contributed by atoms with Crippen LogP contribution in [0.15, 0.2) is 18.2 Å². The number of hydrogen-bond donors (Lipinski definition) is 1. The van der Waals surface area contributed by atoms with Gasteiger partial charge in [0.1, 0.15) is 0 Å². The van der Waals surface area contributed by atoms with Gasteiger partial charge in [0.05, 0.1) is 18.8 Å². The SMILES string of the molecule is CC1(C)CSCC(O)(c2ccc3c(c2)OCCCO3)C1. The maximum atomic E-state index is 11.0. The van der Waals surface area contributed by atoms with Gasteiger partial charge in [-0.15, -0.1) is 0 Å². The van der Waals surface area contributed by atoms with Crippen LogP contribution in [0, 0.1) is 5.41 Å². The van der Waals surface area contributed by atoms with Crippen molar-refractivity contribution in [1.29, 1.82) is 0 Å². The molecule has 1 unspecified atom stereocenters. The minimum Gasteiger partial charge on any atom is -0.490 e. The third-order valence-electron chi connectivity index (χ3n) is 3.89. The van der Waals surface area contributed by atoms with Crippen LogP contribution in [0.1, 0.15) is 32.3 Å². The smallest absolute Gasteiger partial charge is 0.161 e. The van der Waals surface area contributed by atoms with Crippen LogP contribution in [0.3, 0.4) is 0 Å². The second-order valence-electron chi connectivity index (χ2n) is 6.58. The van der Waals surface area contributed by atoms with E-state index in [1.807, 2.05) is 30.0 Å². The van der Waals surface area contributed by atoms with Gasteiger partial charge in [-0.3, -0.25) is 0 Å². The van der Waals surface area contributed by atoms with Crippen molar-refractivity contribution in [2.75, 3.05) is 24.7 Å². The minimum absolute atomic E-state index is 0.155. The molecule has 0 spiro atoms. The predicted molar refractivity (Wildman–Crippen MR) is 81.7 cm³/mol. The lowest BCUT2D eigenvalue weighted by molar-refractivity contribution is 0.0154. The van der Waals surface area contributed by atoms with Crippen molar-refractivity contribution in [3.63, 3.8) is 0 Å². The fraction of sp³-hybridized carbons (Fsp3) is 0.625. The van der Waals surface area contributed by atoms with E-state index in [2.05, 4.69) is 13.8 Å². The first-order valence-electron chi connectivity index (χ1n) is 7.19. The molecular formula is C16H22O3S. The van der Waals surface area contributed by atoms with Crippen LogP contribution in [-0.2, 0) is 5.60 Å². The molecule has 1 fully saturated rings. The van der Waals surface area contributed by atoms with Crippen LogP contribution in [0.4, 0.5) is 0 Å². The minimum atomic E-state index is -0.767. The normalized spacial score (nSPS) is 28.8. The lowest BCUT2D eigenvalue weighted by Gasteiger charge is -2.41. The molecule has 1 atom stereocenters. The molecular weight excluding hydrogens is 272 g/mol. The molecule has 2 heterocycles. The van der Waals surface area contributed by atoms with E-state index in [0.29, 0.717) is 13.2 Å².